The summed E-state index contributed by atoms with van der Waals surface area (Å²) in [6.45, 7) is 0.588. The fraction of sp³-hybridized carbons (Fsp3) is 0.500. The van der Waals surface area contributed by atoms with Crippen LogP contribution in [0.3, 0.4) is 0 Å². The van der Waals surface area contributed by atoms with E-state index >= 15 is 0 Å². The Morgan fingerprint density at radius 1 is 1.47 bits per heavy atom. The Balaban J connectivity index is 2.16. The van der Waals surface area contributed by atoms with Gasteiger partial charge in [-0.15, -0.1) is 11.3 Å². The molecule has 0 aliphatic carbocycles. The van der Waals surface area contributed by atoms with E-state index in [0.717, 1.165) is 27.4 Å². The van der Waals surface area contributed by atoms with E-state index in [1.165, 1.54) is 11.3 Å². The molecule has 0 fully saturated rings. The second-order valence-electron chi connectivity index (χ2n) is 3.13. The SMILES string of the molecule is O=C(CCCCBr)NCc1ccc(Cl)s1. The number of alkyl halides is 1. The molecule has 15 heavy (non-hydrogen) atoms. The highest BCUT2D eigenvalue weighted by Crippen LogP contribution is 2.20. The van der Waals surface area contributed by atoms with Crippen LogP contribution in [0.4, 0.5) is 0 Å². The van der Waals surface area contributed by atoms with Crippen molar-refractivity contribution >= 4 is 44.8 Å². The van der Waals surface area contributed by atoms with Crippen LogP contribution in [0, 0.1) is 0 Å². The zero-order valence-corrected chi connectivity index (χ0v) is 11.4. The molecule has 1 rings (SSSR count). The van der Waals surface area contributed by atoms with Gasteiger partial charge in [0.2, 0.25) is 5.91 Å². The van der Waals surface area contributed by atoms with Gasteiger partial charge in [0.1, 0.15) is 0 Å². The first kappa shape index (κ1) is 13.0. The Morgan fingerprint density at radius 3 is 2.87 bits per heavy atom. The summed E-state index contributed by atoms with van der Waals surface area (Å²) in [6.07, 6.45) is 2.57. The van der Waals surface area contributed by atoms with Crippen molar-refractivity contribution in [2.45, 2.75) is 25.8 Å². The second-order valence-corrected chi connectivity index (χ2v) is 5.72. The molecule has 0 saturated heterocycles. The highest BCUT2D eigenvalue weighted by Gasteiger charge is 2.02. The fourth-order valence-electron chi connectivity index (χ4n) is 1.10. The molecule has 1 N–H and O–H groups in total. The number of hydrogen-bond acceptors (Lipinski definition) is 2. The van der Waals surface area contributed by atoms with Gasteiger partial charge in [0.25, 0.3) is 0 Å². The molecule has 0 aliphatic rings. The third-order valence-electron chi connectivity index (χ3n) is 1.88. The van der Waals surface area contributed by atoms with E-state index in [0.29, 0.717) is 13.0 Å². The van der Waals surface area contributed by atoms with Crippen molar-refractivity contribution in [1.29, 1.82) is 0 Å². The van der Waals surface area contributed by atoms with E-state index in [9.17, 15) is 4.79 Å². The Hall–Kier alpha value is -0.0600. The molecular weight excluding hydrogens is 298 g/mol. The van der Waals surface area contributed by atoms with Crippen molar-refractivity contribution in [3.8, 4) is 0 Å². The van der Waals surface area contributed by atoms with Gasteiger partial charge in [-0.25, -0.2) is 0 Å². The molecule has 2 nitrogen and oxygen atoms in total. The van der Waals surface area contributed by atoms with Crippen LogP contribution >= 0.6 is 38.9 Å². The zero-order chi connectivity index (χ0) is 11.1. The summed E-state index contributed by atoms with van der Waals surface area (Å²) in [7, 11) is 0. The summed E-state index contributed by atoms with van der Waals surface area (Å²) >= 11 is 10.6. The van der Waals surface area contributed by atoms with Crippen LogP contribution in [0.1, 0.15) is 24.1 Å². The molecule has 0 aliphatic heterocycles. The Kier molecular flexibility index (Phi) is 6.29. The van der Waals surface area contributed by atoms with Crippen LogP contribution in [0.15, 0.2) is 12.1 Å². The Bertz CT molecular complexity index is 316. The number of rotatable bonds is 6. The molecule has 0 unspecified atom stereocenters. The molecule has 1 amide bonds. The lowest BCUT2D eigenvalue weighted by Gasteiger charge is -2.02. The van der Waals surface area contributed by atoms with E-state index in [4.69, 9.17) is 11.6 Å². The van der Waals surface area contributed by atoms with Gasteiger partial charge in [-0.3, -0.25) is 4.79 Å². The topological polar surface area (TPSA) is 29.1 Å². The van der Waals surface area contributed by atoms with Gasteiger partial charge in [-0.05, 0) is 25.0 Å². The minimum Gasteiger partial charge on any atom is -0.351 e. The van der Waals surface area contributed by atoms with Crippen molar-refractivity contribution in [3.05, 3.63) is 21.3 Å². The van der Waals surface area contributed by atoms with Gasteiger partial charge < -0.3 is 5.32 Å². The van der Waals surface area contributed by atoms with Gasteiger partial charge in [0.15, 0.2) is 0 Å². The first-order chi connectivity index (χ1) is 7.22. The highest BCUT2D eigenvalue weighted by molar-refractivity contribution is 9.09. The Morgan fingerprint density at radius 2 is 2.27 bits per heavy atom. The smallest absolute Gasteiger partial charge is 0.220 e. The quantitative estimate of drug-likeness (QED) is 0.631. The first-order valence-electron chi connectivity index (χ1n) is 4.79. The van der Waals surface area contributed by atoms with Crippen LogP contribution in [-0.4, -0.2) is 11.2 Å². The van der Waals surface area contributed by atoms with E-state index in [1.807, 2.05) is 12.1 Å². The van der Waals surface area contributed by atoms with Gasteiger partial charge in [0, 0.05) is 16.6 Å². The summed E-state index contributed by atoms with van der Waals surface area (Å²) in [5, 5.41) is 3.83. The Labute approximate surface area is 107 Å². The average Bonchev–Trinajstić information content (AvgIpc) is 2.62. The van der Waals surface area contributed by atoms with E-state index in [-0.39, 0.29) is 5.91 Å². The molecule has 0 saturated carbocycles. The number of halogens is 2. The van der Waals surface area contributed by atoms with Crippen LogP contribution in [-0.2, 0) is 11.3 Å². The van der Waals surface area contributed by atoms with Crippen LogP contribution < -0.4 is 5.32 Å². The third kappa shape index (κ3) is 5.54. The number of amides is 1. The fourth-order valence-corrected chi connectivity index (χ4v) is 2.52. The van der Waals surface area contributed by atoms with Crippen molar-refractivity contribution in [2.24, 2.45) is 0 Å². The molecule has 0 bridgehead atoms. The summed E-state index contributed by atoms with van der Waals surface area (Å²) in [5.41, 5.74) is 0. The molecule has 1 aromatic heterocycles. The van der Waals surface area contributed by atoms with Crippen molar-refractivity contribution in [3.63, 3.8) is 0 Å². The number of carbonyl (C=O) groups is 1. The van der Waals surface area contributed by atoms with E-state index in [2.05, 4.69) is 21.2 Å². The maximum absolute atomic E-state index is 11.3. The molecule has 5 heteroatoms. The normalized spacial score (nSPS) is 10.3. The predicted octanol–water partition coefficient (Wildman–Crippen LogP) is 3.58. The molecule has 0 spiro atoms. The molecule has 0 atom stereocenters. The number of carbonyl (C=O) groups excluding carboxylic acids is 1. The van der Waals surface area contributed by atoms with Crippen molar-refractivity contribution < 1.29 is 4.79 Å². The largest absolute Gasteiger partial charge is 0.351 e. The number of thiophene rings is 1. The first-order valence-corrected chi connectivity index (χ1v) is 7.11. The van der Waals surface area contributed by atoms with E-state index in [1.54, 1.807) is 0 Å². The number of unbranched alkanes of at least 4 members (excludes halogenated alkanes) is 1. The van der Waals surface area contributed by atoms with Crippen molar-refractivity contribution in [2.75, 3.05) is 5.33 Å². The summed E-state index contributed by atoms with van der Waals surface area (Å²) in [5.74, 6) is 0.112. The lowest BCUT2D eigenvalue weighted by Crippen LogP contribution is -2.21. The maximum Gasteiger partial charge on any atom is 0.220 e. The molecule has 1 aromatic rings. The highest BCUT2D eigenvalue weighted by atomic mass is 79.9. The average molecular weight is 311 g/mol. The molecule has 84 valence electrons. The molecule has 0 radical (unpaired) electrons. The minimum atomic E-state index is 0.112. The standard InChI is InChI=1S/C10H13BrClNOS/c11-6-2-1-3-10(14)13-7-8-4-5-9(12)15-8/h4-5H,1-3,6-7H2,(H,13,14). The summed E-state index contributed by atoms with van der Waals surface area (Å²) in [6, 6.07) is 3.78. The summed E-state index contributed by atoms with van der Waals surface area (Å²) < 4.78 is 0.763. The lowest BCUT2D eigenvalue weighted by atomic mass is 10.2. The number of hydrogen-bond donors (Lipinski definition) is 1. The van der Waals surface area contributed by atoms with Crippen LogP contribution in [0.5, 0.6) is 0 Å². The summed E-state index contributed by atoms with van der Waals surface area (Å²) in [4.78, 5) is 12.4. The van der Waals surface area contributed by atoms with Gasteiger partial charge >= 0.3 is 0 Å². The monoisotopic (exact) mass is 309 g/mol. The maximum atomic E-state index is 11.3. The minimum absolute atomic E-state index is 0.112. The molecular formula is C10H13BrClNOS. The third-order valence-corrected chi connectivity index (χ3v) is 3.67. The molecule has 0 aromatic carbocycles. The second kappa shape index (κ2) is 7.25. The van der Waals surface area contributed by atoms with Gasteiger partial charge in [-0.2, -0.15) is 0 Å². The van der Waals surface area contributed by atoms with Gasteiger partial charge in [0.05, 0.1) is 10.9 Å². The molecule has 1 heterocycles. The zero-order valence-electron chi connectivity index (χ0n) is 8.26. The van der Waals surface area contributed by atoms with Crippen LogP contribution in [0.25, 0.3) is 0 Å². The van der Waals surface area contributed by atoms with E-state index < -0.39 is 0 Å². The number of nitrogens with one attached hydrogen (secondary N) is 1. The van der Waals surface area contributed by atoms with Crippen LogP contribution in [0.2, 0.25) is 4.34 Å². The predicted molar refractivity (Wildman–Crippen MR) is 68.8 cm³/mol. The van der Waals surface area contributed by atoms with Gasteiger partial charge in [-0.1, -0.05) is 27.5 Å². The lowest BCUT2D eigenvalue weighted by molar-refractivity contribution is -0.121. The van der Waals surface area contributed by atoms with Crippen molar-refractivity contribution in [1.82, 2.24) is 5.32 Å².